The van der Waals surface area contributed by atoms with E-state index in [2.05, 4.69) is 26.7 Å². The molecule has 0 fully saturated rings. The minimum Gasteiger partial charge on any atom is -0.373 e. The van der Waals surface area contributed by atoms with Gasteiger partial charge < -0.3 is 10.6 Å². The Hall–Kier alpha value is -2.61. The van der Waals surface area contributed by atoms with Crippen molar-refractivity contribution in [3.63, 3.8) is 0 Å². The molecule has 0 saturated heterocycles. The molecule has 0 unspecified atom stereocenters. The fourth-order valence-electron chi connectivity index (χ4n) is 1.53. The van der Waals surface area contributed by atoms with E-state index in [4.69, 9.17) is 5.26 Å². The minimum absolute atomic E-state index is 0.617. The third-order valence-electron chi connectivity index (χ3n) is 2.55. The molecule has 0 aliphatic heterocycles. The van der Waals surface area contributed by atoms with Crippen molar-refractivity contribution in [1.29, 1.82) is 5.26 Å². The molecule has 18 heavy (non-hydrogen) atoms. The first-order valence-corrected chi connectivity index (χ1v) is 5.50. The van der Waals surface area contributed by atoms with Gasteiger partial charge in [-0.15, -0.1) is 0 Å². The van der Waals surface area contributed by atoms with Crippen LogP contribution in [0.5, 0.6) is 0 Å². The summed E-state index contributed by atoms with van der Waals surface area (Å²) >= 11 is 0. The van der Waals surface area contributed by atoms with Crippen molar-refractivity contribution < 1.29 is 0 Å². The number of anilines is 3. The van der Waals surface area contributed by atoms with Crippen LogP contribution in [-0.2, 0) is 0 Å². The van der Waals surface area contributed by atoms with E-state index in [0.29, 0.717) is 11.4 Å². The highest BCUT2D eigenvalue weighted by atomic mass is 15.1. The summed E-state index contributed by atoms with van der Waals surface area (Å²) in [5, 5.41) is 15.0. The Morgan fingerprint density at radius 2 is 1.94 bits per heavy atom. The smallest absolute Gasteiger partial charge is 0.135 e. The van der Waals surface area contributed by atoms with Crippen LogP contribution in [0.15, 0.2) is 30.6 Å². The summed E-state index contributed by atoms with van der Waals surface area (Å²) in [5.41, 5.74) is 2.54. The largest absolute Gasteiger partial charge is 0.373 e. The van der Waals surface area contributed by atoms with Gasteiger partial charge in [0.2, 0.25) is 0 Å². The zero-order valence-corrected chi connectivity index (χ0v) is 10.2. The fraction of sp³-hybridized carbons (Fsp3) is 0.154. The normalized spacial score (nSPS) is 9.61. The molecule has 1 heterocycles. The highest BCUT2D eigenvalue weighted by Crippen LogP contribution is 2.21. The summed E-state index contributed by atoms with van der Waals surface area (Å²) in [6.07, 6.45) is 1.48. The van der Waals surface area contributed by atoms with E-state index in [-0.39, 0.29) is 0 Å². The van der Waals surface area contributed by atoms with E-state index in [0.717, 1.165) is 17.1 Å². The lowest BCUT2D eigenvalue weighted by Gasteiger charge is -2.09. The van der Waals surface area contributed by atoms with Crippen LogP contribution in [0.25, 0.3) is 0 Å². The predicted molar refractivity (Wildman–Crippen MR) is 70.8 cm³/mol. The number of rotatable bonds is 3. The first-order valence-electron chi connectivity index (χ1n) is 5.50. The minimum atomic E-state index is 0.617. The van der Waals surface area contributed by atoms with Gasteiger partial charge in [0.05, 0.1) is 11.6 Å². The molecule has 0 amide bonds. The second kappa shape index (κ2) is 5.15. The van der Waals surface area contributed by atoms with Gasteiger partial charge in [-0.2, -0.15) is 5.26 Å². The maximum Gasteiger partial charge on any atom is 0.135 e. The van der Waals surface area contributed by atoms with Crippen LogP contribution < -0.4 is 10.6 Å². The summed E-state index contributed by atoms with van der Waals surface area (Å²) in [6.45, 7) is 1.98. The summed E-state index contributed by atoms with van der Waals surface area (Å²) in [6, 6.07) is 9.42. The van der Waals surface area contributed by atoms with Crippen LogP contribution in [0.4, 0.5) is 17.3 Å². The molecule has 2 rings (SSSR count). The average molecular weight is 239 g/mol. The van der Waals surface area contributed by atoms with Crippen LogP contribution in [-0.4, -0.2) is 17.0 Å². The Labute approximate surface area is 106 Å². The lowest BCUT2D eigenvalue weighted by molar-refractivity contribution is 1.16. The summed E-state index contributed by atoms with van der Waals surface area (Å²) in [7, 11) is 1.80. The SMILES string of the molecule is CNc1cc(Nc2cc(C#N)ccc2C)ncn1. The summed E-state index contributed by atoms with van der Waals surface area (Å²) in [5.74, 6) is 1.43. The molecule has 2 aromatic rings. The molecule has 0 bridgehead atoms. The summed E-state index contributed by atoms with van der Waals surface area (Å²) < 4.78 is 0. The Morgan fingerprint density at radius 3 is 2.67 bits per heavy atom. The van der Waals surface area contributed by atoms with Gasteiger partial charge in [-0.1, -0.05) is 6.07 Å². The monoisotopic (exact) mass is 239 g/mol. The zero-order chi connectivity index (χ0) is 13.0. The van der Waals surface area contributed by atoms with Crippen LogP contribution in [0.3, 0.4) is 0 Å². The van der Waals surface area contributed by atoms with Crippen molar-refractivity contribution in [2.24, 2.45) is 0 Å². The molecule has 0 aliphatic rings. The molecule has 0 atom stereocenters. The predicted octanol–water partition coefficient (Wildman–Crippen LogP) is 2.44. The molecular weight excluding hydrogens is 226 g/mol. The molecule has 5 heteroatoms. The van der Waals surface area contributed by atoms with Gasteiger partial charge in [0.1, 0.15) is 18.0 Å². The van der Waals surface area contributed by atoms with Crippen molar-refractivity contribution in [2.45, 2.75) is 6.92 Å². The summed E-state index contributed by atoms with van der Waals surface area (Å²) in [4.78, 5) is 8.18. The average Bonchev–Trinajstić information content (AvgIpc) is 2.41. The standard InChI is InChI=1S/C13H13N5/c1-9-3-4-10(7-14)5-11(9)18-13-6-12(15-2)16-8-17-13/h3-6,8H,1-2H3,(H2,15,16,17,18). The van der Waals surface area contributed by atoms with Crippen LogP contribution in [0.1, 0.15) is 11.1 Å². The second-order valence-electron chi connectivity index (χ2n) is 3.80. The lowest BCUT2D eigenvalue weighted by atomic mass is 10.1. The number of nitriles is 1. The lowest BCUT2D eigenvalue weighted by Crippen LogP contribution is -1.99. The Bertz CT molecular complexity index is 601. The van der Waals surface area contributed by atoms with Gasteiger partial charge in [-0.05, 0) is 24.6 Å². The Balaban J connectivity index is 2.30. The number of aryl methyl sites for hydroxylation is 1. The molecule has 0 saturated carbocycles. The quantitative estimate of drug-likeness (QED) is 0.860. The fourth-order valence-corrected chi connectivity index (χ4v) is 1.53. The zero-order valence-electron chi connectivity index (χ0n) is 10.2. The van der Waals surface area contributed by atoms with Crippen molar-refractivity contribution in [3.8, 4) is 6.07 Å². The van der Waals surface area contributed by atoms with Crippen molar-refractivity contribution in [1.82, 2.24) is 9.97 Å². The van der Waals surface area contributed by atoms with Crippen LogP contribution >= 0.6 is 0 Å². The maximum absolute atomic E-state index is 8.89. The number of hydrogen-bond donors (Lipinski definition) is 2. The molecule has 0 spiro atoms. The number of benzene rings is 1. The van der Waals surface area contributed by atoms with E-state index in [9.17, 15) is 0 Å². The first kappa shape index (κ1) is 11.9. The number of nitrogens with zero attached hydrogens (tertiary/aromatic N) is 3. The molecule has 0 radical (unpaired) electrons. The third kappa shape index (κ3) is 2.55. The number of aromatic nitrogens is 2. The molecular formula is C13H13N5. The highest BCUT2D eigenvalue weighted by molar-refractivity contribution is 5.64. The van der Waals surface area contributed by atoms with E-state index >= 15 is 0 Å². The van der Waals surface area contributed by atoms with Gasteiger partial charge in [0.25, 0.3) is 0 Å². The molecule has 1 aromatic heterocycles. The van der Waals surface area contributed by atoms with Gasteiger partial charge in [-0.25, -0.2) is 9.97 Å². The first-order chi connectivity index (χ1) is 8.72. The third-order valence-corrected chi connectivity index (χ3v) is 2.55. The molecule has 90 valence electrons. The number of nitrogens with one attached hydrogen (secondary N) is 2. The van der Waals surface area contributed by atoms with E-state index in [1.54, 1.807) is 25.2 Å². The Morgan fingerprint density at radius 1 is 1.17 bits per heavy atom. The number of hydrogen-bond acceptors (Lipinski definition) is 5. The van der Waals surface area contributed by atoms with E-state index in [1.165, 1.54) is 6.33 Å². The van der Waals surface area contributed by atoms with Gasteiger partial charge in [-0.3, -0.25) is 0 Å². The van der Waals surface area contributed by atoms with E-state index < -0.39 is 0 Å². The van der Waals surface area contributed by atoms with Crippen molar-refractivity contribution in [3.05, 3.63) is 41.7 Å². The van der Waals surface area contributed by atoms with Gasteiger partial charge in [0.15, 0.2) is 0 Å². The molecule has 0 aliphatic carbocycles. The molecule has 1 aromatic carbocycles. The van der Waals surface area contributed by atoms with Crippen LogP contribution in [0, 0.1) is 18.3 Å². The van der Waals surface area contributed by atoms with Crippen molar-refractivity contribution >= 4 is 17.3 Å². The van der Waals surface area contributed by atoms with E-state index in [1.807, 2.05) is 13.0 Å². The second-order valence-corrected chi connectivity index (χ2v) is 3.80. The van der Waals surface area contributed by atoms with Gasteiger partial charge in [0, 0.05) is 18.8 Å². The maximum atomic E-state index is 8.89. The van der Waals surface area contributed by atoms with Crippen molar-refractivity contribution in [2.75, 3.05) is 17.7 Å². The molecule has 5 nitrogen and oxygen atoms in total. The molecule has 2 N–H and O–H groups in total. The van der Waals surface area contributed by atoms with Gasteiger partial charge >= 0.3 is 0 Å². The topological polar surface area (TPSA) is 73.6 Å². The Kier molecular flexibility index (Phi) is 3.39. The van der Waals surface area contributed by atoms with Crippen LogP contribution in [0.2, 0.25) is 0 Å². The highest BCUT2D eigenvalue weighted by Gasteiger charge is 2.02.